The molecule has 4 N–H and O–H groups in total. The Balaban J connectivity index is 1.83. The standard InChI is InChI=1S/C13H19N3O4S/c1-13(8-15-9-13)20-6-12(17)16-11-4-2-10(3-5-11)7-21(14,18)19/h2-5,15H,6-9H2,1H3,(H,16,17)(H2,14,18,19). The van der Waals surface area contributed by atoms with Crippen LogP contribution in [-0.4, -0.2) is 39.6 Å². The number of amides is 1. The van der Waals surface area contributed by atoms with E-state index in [9.17, 15) is 13.2 Å². The van der Waals surface area contributed by atoms with E-state index >= 15 is 0 Å². The minimum absolute atomic E-state index is 0.0168. The van der Waals surface area contributed by atoms with E-state index in [4.69, 9.17) is 9.88 Å². The first-order valence-electron chi connectivity index (χ1n) is 6.50. The lowest BCUT2D eigenvalue weighted by atomic mass is 10.0. The zero-order chi connectivity index (χ0) is 15.5. The number of anilines is 1. The van der Waals surface area contributed by atoms with Gasteiger partial charge in [0, 0.05) is 18.8 Å². The van der Waals surface area contributed by atoms with Gasteiger partial charge in [-0.3, -0.25) is 4.79 Å². The maximum atomic E-state index is 11.7. The van der Waals surface area contributed by atoms with E-state index in [-0.39, 0.29) is 23.9 Å². The van der Waals surface area contributed by atoms with Crippen molar-refractivity contribution < 1.29 is 17.9 Å². The fraction of sp³-hybridized carbons (Fsp3) is 0.462. The molecule has 1 aromatic carbocycles. The summed E-state index contributed by atoms with van der Waals surface area (Å²) in [6.07, 6.45) is 0. The minimum atomic E-state index is -3.55. The van der Waals surface area contributed by atoms with Crippen molar-refractivity contribution in [1.29, 1.82) is 0 Å². The van der Waals surface area contributed by atoms with Gasteiger partial charge in [-0.05, 0) is 24.6 Å². The van der Waals surface area contributed by atoms with Crippen molar-refractivity contribution in [2.45, 2.75) is 18.3 Å². The molecule has 0 radical (unpaired) electrons. The highest BCUT2D eigenvalue weighted by Gasteiger charge is 2.32. The van der Waals surface area contributed by atoms with Gasteiger partial charge in [0.15, 0.2) is 0 Å². The Bertz CT molecular complexity index is 609. The molecule has 0 bridgehead atoms. The highest BCUT2D eigenvalue weighted by Crippen LogP contribution is 2.15. The summed E-state index contributed by atoms with van der Waals surface area (Å²) in [5, 5.41) is 10.7. The van der Waals surface area contributed by atoms with Gasteiger partial charge in [-0.25, -0.2) is 13.6 Å². The largest absolute Gasteiger partial charge is 0.363 e. The summed E-state index contributed by atoms with van der Waals surface area (Å²) < 4.78 is 27.4. The molecule has 0 unspecified atom stereocenters. The number of nitrogens with one attached hydrogen (secondary N) is 2. The summed E-state index contributed by atoms with van der Waals surface area (Å²) in [6.45, 7) is 3.40. The lowest BCUT2D eigenvalue weighted by Gasteiger charge is -2.38. The van der Waals surface area contributed by atoms with E-state index in [2.05, 4.69) is 10.6 Å². The smallest absolute Gasteiger partial charge is 0.250 e. The minimum Gasteiger partial charge on any atom is -0.363 e. The number of carbonyl (C=O) groups excluding carboxylic acids is 1. The van der Waals surface area contributed by atoms with Crippen molar-refractivity contribution >= 4 is 21.6 Å². The Morgan fingerprint density at radius 1 is 1.38 bits per heavy atom. The summed E-state index contributed by atoms with van der Waals surface area (Å²) in [6, 6.07) is 6.48. The van der Waals surface area contributed by atoms with Gasteiger partial charge in [0.25, 0.3) is 0 Å². The third-order valence-electron chi connectivity index (χ3n) is 3.16. The molecule has 1 heterocycles. The first-order chi connectivity index (χ1) is 9.76. The molecule has 7 nitrogen and oxygen atoms in total. The van der Waals surface area contributed by atoms with Gasteiger partial charge in [0.1, 0.15) is 6.61 Å². The van der Waals surface area contributed by atoms with Gasteiger partial charge < -0.3 is 15.4 Å². The van der Waals surface area contributed by atoms with E-state index in [1.165, 1.54) is 0 Å². The number of hydrogen-bond acceptors (Lipinski definition) is 5. The quantitative estimate of drug-likeness (QED) is 0.673. The van der Waals surface area contributed by atoms with Crippen molar-refractivity contribution in [3.63, 3.8) is 0 Å². The molecule has 0 saturated carbocycles. The van der Waals surface area contributed by atoms with Crippen molar-refractivity contribution in [2.24, 2.45) is 5.14 Å². The van der Waals surface area contributed by atoms with Crippen LogP contribution in [0.1, 0.15) is 12.5 Å². The number of nitrogens with two attached hydrogens (primary N) is 1. The molecule has 8 heteroatoms. The molecule has 1 aliphatic rings. The Morgan fingerprint density at radius 2 is 2.00 bits per heavy atom. The SMILES string of the molecule is CC1(OCC(=O)Nc2ccc(CS(N)(=O)=O)cc2)CNC1. The number of primary sulfonamides is 1. The summed E-state index contributed by atoms with van der Waals surface area (Å²) in [4.78, 5) is 11.7. The fourth-order valence-corrected chi connectivity index (χ4v) is 2.59. The molecule has 0 spiro atoms. The normalized spacial score (nSPS) is 17.0. The summed E-state index contributed by atoms with van der Waals surface area (Å²) in [5.74, 6) is -0.474. The van der Waals surface area contributed by atoms with Crippen LogP contribution in [0.15, 0.2) is 24.3 Å². The monoisotopic (exact) mass is 313 g/mol. The van der Waals surface area contributed by atoms with Crippen LogP contribution in [0.25, 0.3) is 0 Å². The van der Waals surface area contributed by atoms with Gasteiger partial charge in [-0.2, -0.15) is 0 Å². The highest BCUT2D eigenvalue weighted by molar-refractivity contribution is 7.88. The number of sulfonamides is 1. The van der Waals surface area contributed by atoms with E-state index in [0.717, 1.165) is 13.1 Å². The number of carbonyl (C=O) groups is 1. The molecule has 2 rings (SSSR count). The molecule has 0 atom stereocenters. The Morgan fingerprint density at radius 3 is 2.48 bits per heavy atom. The first kappa shape index (κ1) is 15.9. The van der Waals surface area contributed by atoms with E-state index in [0.29, 0.717) is 11.3 Å². The molecular formula is C13H19N3O4S. The van der Waals surface area contributed by atoms with Gasteiger partial charge in [0.2, 0.25) is 15.9 Å². The molecule has 0 aromatic heterocycles. The van der Waals surface area contributed by atoms with Crippen molar-refractivity contribution in [2.75, 3.05) is 25.0 Å². The average Bonchev–Trinajstić information content (AvgIpc) is 2.35. The van der Waals surface area contributed by atoms with E-state index in [1.54, 1.807) is 24.3 Å². The van der Waals surface area contributed by atoms with Gasteiger partial charge in [-0.1, -0.05) is 12.1 Å². The molecule has 1 fully saturated rings. The van der Waals surface area contributed by atoms with Gasteiger partial charge in [0.05, 0.1) is 11.4 Å². The third kappa shape index (κ3) is 5.09. The number of hydrogen-bond donors (Lipinski definition) is 3. The van der Waals surface area contributed by atoms with Crippen LogP contribution in [0, 0.1) is 0 Å². The van der Waals surface area contributed by atoms with Crippen molar-refractivity contribution in [1.82, 2.24) is 5.32 Å². The van der Waals surface area contributed by atoms with Crippen LogP contribution in [0.4, 0.5) is 5.69 Å². The molecular weight excluding hydrogens is 294 g/mol. The van der Waals surface area contributed by atoms with Crippen molar-refractivity contribution in [3.8, 4) is 0 Å². The molecule has 1 aromatic rings. The first-order valence-corrected chi connectivity index (χ1v) is 8.21. The Labute approximate surface area is 123 Å². The fourth-order valence-electron chi connectivity index (χ4n) is 1.93. The van der Waals surface area contributed by atoms with E-state index in [1.807, 2.05) is 6.92 Å². The van der Waals surface area contributed by atoms with Crippen molar-refractivity contribution in [3.05, 3.63) is 29.8 Å². The van der Waals surface area contributed by atoms with Crippen LogP contribution in [0.3, 0.4) is 0 Å². The lowest BCUT2D eigenvalue weighted by Crippen LogP contribution is -2.59. The Hall–Kier alpha value is -1.48. The summed E-state index contributed by atoms with van der Waals surface area (Å²) >= 11 is 0. The second kappa shape index (κ2) is 6.10. The predicted octanol–water partition coefficient (Wildman–Crippen LogP) is -0.208. The average molecular weight is 313 g/mol. The number of benzene rings is 1. The molecule has 1 aliphatic heterocycles. The number of rotatable bonds is 6. The summed E-state index contributed by atoms with van der Waals surface area (Å²) in [5.41, 5.74) is 0.884. The van der Waals surface area contributed by atoms with Crippen LogP contribution >= 0.6 is 0 Å². The Kier molecular flexibility index (Phi) is 4.62. The van der Waals surface area contributed by atoms with Crippen LogP contribution in [0.5, 0.6) is 0 Å². The molecule has 1 amide bonds. The maximum Gasteiger partial charge on any atom is 0.250 e. The van der Waals surface area contributed by atoms with E-state index < -0.39 is 10.0 Å². The van der Waals surface area contributed by atoms with Crippen LogP contribution in [0.2, 0.25) is 0 Å². The second-order valence-corrected chi connectivity index (χ2v) is 7.01. The second-order valence-electron chi connectivity index (χ2n) is 5.39. The summed E-state index contributed by atoms with van der Waals surface area (Å²) in [7, 11) is -3.55. The topological polar surface area (TPSA) is 111 Å². The lowest BCUT2D eigenvalue weighted by molar-refractivity contribution is -0.130. The zero-order valence-corrected chi connectivity index (χ0v) is 12.6. The van der Waals surface area contributed by atoms with Crippen LogP contribution in [-0.2, 0) is 25.3 Å². The molecule has 1 saturated heterocycles. The number of ether oxygens (including phenoxy) is 1. The third-order valence-corrected chi connectivity index (χ3v) is 3.89. The molecule has 116 valence electrons. The van der Waals surface area contributed by atoms with Gasteiger partial charge in [-0.15, -0.1) is 0 Å². The predicted molar refractivity (Wildman–Crippen MR) is 79.1 cm³/mol. The van der Waals surface area contributed by atoms with Crippen LogP contribution < -0.4 is 15.8 Å². The molecule has 0 aliphatic carbocycles. The van der Waals surface area contributed by atoms with Gasteiger partial charge >= 0.3 is 0 Å². The highest BCUT2D eigenvalue weighted by atomic mass is 32.2. The maximum absolute atomic E-state index is 11.7. The zero-order valence-electron chi connectivity index (χ0n) is 11.8. The molecule has 21 heavy (non-hydrogen) atoms.